The Kier molecular flexibility index (Phi) is 7.74. The highest BCUT2D eigenvalue weighted by Gasteiger charge is 2.18. The molecule has 0 bridgehead atoms. The van der Waals surface area contributed by atoms with Crippen LogP contribution in [-0.2, 0) is 16.2 Å². The summed E-state index contributed by atoms with van der Waals surface area (Å²) >= 11 is 6.41. The molecule has 38 heavy (non-hydrogen) atoms. The van der Waals surface area contributed by atoms with Crippen molar-refractivity contribution in [3.8, 4) is 17.6 Å². The summed E-state index contributed by atoms with van der Waals surface area (Å²) in [7, 11) is 0. The number of carbonyl (C=O) groups excluding carboxylic acids is 1. The molecule has 0 atom stereocenters. The molecule has 0 saturated carbocycles. The lowest BCUT2D eigenvalue weighted by atomic mass is 10.1. The number of rotatable bonds is 7. The first-order valence-corrected chi connectivity index (χ1v) is 11.5. The van der Waals surface area contributed by atoms with Gasteiger partial charge in [-0.1, -0.05) is 17.7 Å². The molecule has 2 aromatic carbocycles. The van der Waals surface area contributed by atoms with Crippen LogP contribution in [0.3, 0.4) is 0 Å². The second-order valence-electron chi connectivity index (χ2n) is 7.74. The Bertz CT molecular complexity index is 1650. The standard InChI is InChI=1S/C26H20ClN5O6/c1-2-37-23-11-21-18(10-20(23)31-25(33)26(34)35)24(15(12-28)13-32(21)36)30-16-6-7-22(19(27)9-16)38-14-17-5-3-4-8-29-17/h3-11,13,36H,2,14H2,1H3,(H,31,33)(H,34,35). The molecular weight excluding hydrogens is 514 g/mol. The summed E-state index contributed by atoms with van der Waals surface area (Å²) in [5, 5.41) is 32.2. The molecule has 0 unspecified atom stereocenters. The number of carboxylic acids is 1. The molecule has 192 valence electrons. The molecule has 0 radical (unpaired) electrons. The maximum Gasteiger partial charge on any atom is 0.394 e. The Hall–Kier alpha value is -5.08. The van der Waals surface area contributed by atoms with Gasteiger partial charge in [-0.15, -0.1) is 0 Å². The van der Waals surface area contributed by atoms with Gasteiger partial charge in [0, 0.05) is 17.6 Å². The predicted octanol–water partition coefficient (Wildman–Crippen LogP) is 4.03. The SMILES string of the molecule is CCOc1cc2c(cc1NC(=O)C(=O)O)c(=Nc1ccc(OCc3ccccn3)c(Cl)c1)c(C#N)cn2O. The maximum atomic E-state index is 11.9. The minimum absolute atomic E-state index is 0.00581. The number of anilines is 1. The van der Waals surface area contributed by atoms with Crippen molar-refractivity contribution in [3.63, 3.8) is 0 Å². The van der Waals surface area contributed by atoms with E-state index in [1.807, 2.05) is 18.2 Å². The molecule has 4 aromatic rings. The fraction of sp³-hybridized carbons (Fsp3) is 0.115. The number of nitriles is 1. The molecule has 0 fully saturated rings. The Balaban J connectivity index is 1.81. The van der Waals surface area contributed by atoms with E-state index in [9.17, 15) is 20.1 Å². The van der Waals surface area contributed by atoms with Gasteiger partial charge in [0.05, 0.1) is 51.3 Å². The van der Waals surface area contributed by atoms with E-state index >= 15 is 0 Å². The van der Waals surface area contributed by atoms with Gasteiger partial charge in [-0.25, -0.2) is 9.79 Å². The topological polar surface area (TPSA) is 159 Å². The highest BCUT2D eigenvalue weighted by Crippen LogP contribution is 2.31. The zero-order valence-corrected chi connectivity index (χ0v) is 20.6. The Morgan fingerprint density at radius 1 is 1.18 bits per heavy atom. The molecular formula is C26H20ClN5O6. The number of nitrogens with one attached hydrogen (secondary N) is 1. The highest BCUT2D eigenvalue weighted by atomic mass is 35.5. The van der Waals surface area contributed by atoms with Crippen LogP contribution < -0.4 is 20.1 Å². The quantitative estimate of drug-likeness (QED) is 0.237. The molecule has 2 aromatic heterocycles. The van der Waals surface area contributed by atoms with Crippen molar-refractivity contribution in [2.45, 2.75) is 13.5 Å². The third-order valence-corrected chi connectivity index (χ3v) is 5.52. The largest absolute Gasteiger partial charge is 0.492 e. The monoisotopic (exact) mass is 533 g/mol. The normalized spacial score (nSPS) is 11.1. The van der Waals surface area contributed by atoms with Crippen LogP contribution in [0.5, 0.6) is 11.5 Å². The zero-order chi connectivity index (χ0) is 27.2. The van der Waals surface area contributed by atoms with Crippen LogP contribution in [0.15, 0.2) is 65.9 Å². The van der Waals surface area contributed by atoms with E-state index in [0.29, 0.717) is 11.4 Å². The van der Waals surface area contributed by atoms with E-state index in [-0.39, 0.29) is 51.5 Å². The third-order valence-electron chi connectivity index (χ3n) is 5.23. The number of halogens is 1. The van der Waals surface area contributed by atoms with E-state index in [4.69, 9.17) is 26.2 Å². The fourth-order valence-electron chi connectivity index (χ4n) is 3.54. The van der Waals surface area contributed by atoms with Crippen LogP contribution in [0.1, 0.15) is 18.2 Å². The van der Waals surface area contributed by atoms with Gasteiger partial charge in [-0.2, -0.15) is 9.99 Å². The van der Waals surface area contributed by atoms with Gasteiger partial charge >= 0.3 is 11.9 Å². The molecule has 1 amide bonds. The highest BCUT2D eigenvalue weighted by molar-refractivity contribution is 6.36. The number of carboxylic acid groups (broad SMARTS) is 1. The summed E-state index contributed by atoms with van der Waals surface area (Å²) in [4.78, 5) is 31.7. The minimum atomic E-state index is -1.69. The summed E-state index contributed by atoms with van der Waals surface area (Å²) in [6, 6.07) is 15.0. The van der Waals surface area contributed by atoms with Crippen LogP contribution in [0.25, 0.3) is 10.9 Å². The molecule has 0 aliphatic carbocycles. The fourth-order valence-corrected chi connectivity index (χ4v) is 3.77. The number of aliphatic carboxylic acids is 1. The minimum Gasteiger partial charge on any atom is -0.492 e. The average molecular weight is 534 g/mol. The van der Waals surface area contributed by atoms with Crippen molar-refractivity contribution in [3.05, 3.63) is 82.6 Å². The number of hydrogen-bond donors (Lipinski definition) is 3. The van der Waals surface area contributed by atoms with Crippen molar-refractivity contribution in [1.29, 1.82) is 5.26 Å². The lowest BCUT2D eigenvalue weighted by Crippen LogP contribution is -2.22. The zero-order valence-electron chi connectivity index (χ0n) is 19.9. The second-order valence-corrected chi connectivity index (χ2v) is 8.15. The van der Waals surface area contributed by atoms with Crippen LogP contribution in [0, 0.1) is 11.3 Å². The molecule has 2 heterocycles. The Labute approximate surface area is 220 Å². The number of benzene rings is 2. The van der Waals surface area contributed by atoms with Gasteiger partial charge in [0.15, 0.2) is 0 Å². The van der Waals surface area contributed by atoms with Gasteiger partial charge in [0.25, 0.3) is 0 Å². The molecule has 0 saturated heterocycles. The van der Waals surface area contributed by atoms with E-state index < -0.39 is 11.9 Å². The molecule has 0 aliphatic heterocycles. The lowest BCUT2D eigenvalue weighted by Gasteiger charge is -2.14. The van der Waals surface area contributed by atoms with Crippen LogP contribution >= 0.6 is 11.6 Å². The third kappa shape index (κ3) is 5.66. The van der Waals surface area contributed by atoms with E-state index in [2.05, 4.69) is 15.3 Å². The molecule has 12 heteroatoms. The van der Waals surface area contributed by atoms with Crippen molar-refractivity contribution in [2.24, 2.45) is 4.99 Å². The first-order chi connectivity index (χ1) is 18.3. The van der Waals surface area contributed by atoms with Crippen LogP contribution in [0.4, 0.5) is 11.4 Å². The Morgan fingerprint density at radius 3 is 2.66 bits per heavy atom. The molecule has 0 aliphatic rings. The van der Waals surface area contributed by atoms with Crippen molar-refractivity contribution in [2.75, 3.05) is 11.9 Å². The summed E-state index contributed by atoms with van der Waals surface area (Å²) in [5.74, 6) is -2.46. The van der Waals surface area contributed by atoms with E-state index in [1.165, 1.54) is 18.3 Å². The number of hydrogen-bond acceptors (Lipinski definition) is 8. The number of carbonyl (C=O) groups is 2. The summed E-state index contributed by atoms with van der Waals surface area (Å²) in [6.45, 7) is 2.11. The average Bonchev–Trinajstić information content (AvgIpc) is 2.91. The summed E-state index contributed by atoms with van der Waals surface area (Å²) < 4.78 is 12.0. The van der Waals surface area contributed by atoms with Crippen molar-refractivity contribution >= 4 is 45.8 Å². The Morgan fingerprint density at radius 2 is 2.00 bits per heavy atom. The molecule has 11 nitrogen and oxygen atoms in total. The number of nitrogens with zero attached hydrogens (tertiary/aromatic N) is 4. The molecule has 0 spiro atoms. The maximum absolute atomic E-state index is 11.9. The van der Waals surface area contributed by atoms with Crippen molar-refractivity contribution < 1.29 is 29.4 Å². The molecule has 4 rings (SSSR count). The van der Waals surface area contributed by atoms with Gasteiger partial charge < -0.3 is 25.1 Å². The van der Waals surface area contributed by atoms with Gasteiger partial charge in [0.1, 0.15) is 24.2 Å². The second kappa shape index (κ2) is 11.3. The molecule has 3 N–H and O–H groups in total. The van der Waals surface area contributed by atoms with Crippen LogP contribution in [-0.4, -0.2) is 38.5 Å². The first kappa shape index (κ1) is 26.0. The smallest absolute Gasteiger partial charge is 0.394 e. The number of pyridine rings is 2. The number of ether oxygens (including phenoxy) is 2. The van der Waals surface area contributed by atoms with Gasteiger partial charge in [-0.05, 0) is 43.3 Å². The van der Waals surface area contributed by atoms with E-state index in [1.54, 1.807) is 37.4 Å². The lowest BCUT2D eigenvalue weighted by molar-refractivity contribution is -0.147. The number of amides is 1. The van der Waals surface area contributed by atoms with Crippen molar-refractivity contribution in [1.82, 2.24) is 9.71 Å². The summed E-state index contributed by atoms with van der Waals surface area (Å²) in [5.41, 5.74) is 1.32. The number of fused-ring (bicyclic) bond motifs is 1. The first-order valence-electron chi connectivity index (χ1n) is 11.2. The number of aromatic nitrogens is 2. The van der Waals surface area contributed by atoms with Gasteiger partial charge in [-0.3, -0.25) is 9.78 Å². The van der Waals surface area contributed by atoms with E-state index in [0.717, 1.165) is 10.4 Å². The summed E-state index contributed by atoms with van der Waals surface area (Å²) in [6.07, 6.45) is 2.84. The predicted molar refractivity (Wildman–Crippen MR) is 137 cm³/mol. The van der Waals surface area contributed by atoms with Crippen LogP contribution in [0.2, 0.25) is 5.02 Å². The van der Waals surface area contributed by atoms with Gasteiger partial charge in [0.2, 0.25) is 0 Å².